The summed E-state index contributed by atoms with van der Waals surface area (Å²) >= 11 is 0. The van der Waals surface area contributed by atoms with E-state index in [1.165, 1.54) is 4.90 Å². The molecular formula is C22H22N4O3. The number of nitrogens with zero attached hydrogens (tertiary/aromatic N) is 3. The highest BCUT2D eigenvalue weighted by atomic mass is 16.7. The number of carbonyl (C=O) groups excluding carboxylic acids is 1. The Kier molecular flexibility index (Phi) is 4.95. The van der Waals surface area contributed by atoms with Crippen LogP contribution >= 0.6 is 0 Å². The van der Waals surface area contributed by atoms with Crippen LogP contribution in [0.3, 0.4) is 0 Å². The number of fused-ring (bicyclic) bond motifs is 2. The van der Waals surface area contributed by atoms with Gasteiger partial charge in [-0.25, -0.2) is 4.99 Å². The van der Waals surface area contributed by atoms with Gasteiger partial charge in [0.05, 0.1) is 18.2 Å². The van der Waals surface area contributed by atoms with Crippen molar-refractivity contribution in [2.45, 2.75) is 24.8 Å². The summed E-state index contributed by atoms with van der Waals surface area (Å²) in [5.41, 5.74) is 7.91. The molecule has 2 aromatic rings. The molecule has 1 unspecified atom stereocenters. The van der Waals surface area contributed by atoms with E-state index in [0.29, 0.717) is 29.9 Å². The summed E-state index contributed by atoms with van der Waals surface area (Å²) in [5, 5.41) is 9.22. The van der Waals surface area contributed by atoms with Crippen LogP contribution in [0.15, 0.2) is 47.5 Å². The van der Waals surface area contributed by atoms with E-state index in [4.69, 9.17) is 15.2 Å². The molecular weight excluding hydrogens is 368 g/mol. The molecule has 0 saturated carbocycles. The first-order valence-corrected chi connectivity index (χ1v) is 9.54. The monoisotopic (exact) mass is 390 g/mol. The molecule has 2 N–H and O–H groups in total. The summed E-state index contributed by atoms with van der Waals surface area (Å²) in [7, 11) is 1.64. The number of amides is 1. The standard InChI is InChI=1S/C22H22N4O3/c1-26-20(27)22(25-21(26)24)9-2-3-10-28-14-29-19-8-7-17(12-18(19)22)16-6-4-5-15(11-16)13-23/h4-8,11-12H,2-3,9-10,14H2,1H3,(H2,24,25). The molecule has 7 nitrogen and oxygen atoms in total. The van der Waals surface area contributed by atoms with Crippen molar-refractivity contribution < 1.29 is 14.3 Å². The lowest BCUT2D eigenvalue weighted by Gasteiger charge is -2.29. The van der Waals surface area contributed by atoms with Crippen LogP contribution in [0, 0.1) is 11.3 Å². The van der Waals surface area contributed by atoms with Gasteiger partial charge in [0.15, 0.2) is 18.3 Å². The number of nitriles is 1. The third kappa shape index (κ3) is 3.32. The van der Waals surface area contributed by atoms with Gasteiger partial charge in [-0.1, -0.05) is 18.2 Å². The summed E-state index contributed by atoms with van der Waals surface area (Å²) in [6, 6.07) is 15.2. The number of ether oxygens (including phenoxy) is 2. The normalized spacial score (nSPS) is 21.9. The largest absolute Gasteiger partial charge is 0.467 e. The van der Waals surface area contributed by atoms with Crippen LogP contribution in [0.2, 0.25) is 0 Å². The molecule has 29 heavy (non-hydrogen) atoms. The summed E-state index contributed by atoms with van der Waals surface area (Å²) in [6.45, 7) is 0.670. The van der Waals surface area contributed by atoms with Crippen LogP contribution in [0.4, 0.5) is 0 Å². The van der Waals surface area contributed by atoms with Crippen molar-refractivity contribution in [3.8, 4) is 22.9 Å². The molecule has 4 rings (SSSR count). The summed E-state index contributed by atoms with van der Waals surface area (Å²) < 4.78 is 11.4. The molecule has 7 heteroatoms. The maximum absolute atomic E-state index is 13.3. The number of guanidine groups is 1. The van der Waals surface area contributed by atoms with Gasteiger partial charge in [0.1, 0.15) is 5.75 Å². The van der Waals surface area contributed by atoms with E-state index in [1.54, 1.807) is 13.1 Å². The zero-order chi connectivity index (χ0) is 20.4. The minimum atomic E-state index is -1.12. The third-order valence-corrected chi connectivity index (χ3v) is 5.43. The molecule has 1 spiro atoms. The van der Waals surface area contributed by atoms with Gasteiger partial charge in [-0.3, -0.25) is 9.69 Å². The highest BCUT2D eigenvalue weighted by molar-refractivity contribution is 6.07. The molecule has 2 aromatic carbocycles. The van der Waals surface area contributed by atoms with E-state index in [9.17, 15) is 10.1 Å². The average Bonchev–Trinajstić information content (AvgIpc) is 2.97. The van der Waals surface area contributed by atoms with Crippen molar-refractivity contribution in [3.63, 3.8) is 0 Å². The van der Waals surface area contributed by atoms with Gasteiger partial charge in [-0.15, -0.1) is 0 Å². The number of rotatable bonds is 1. The van der Waals surface area contributed by atoms with Crippen LogP contribution in [0.25, 0.3) is 11.1 Å². The Labute approximate surface area is 169 Å². The Balaban J connectivity index is 1.89. The number of likely N-dealkylation sites (N-methyl/N-ethyl adjacent to an activating group) is 1. The Bertz CT molecular complexity index is 1030. The zero-order valence-corrected chi connectivity index (χ0v) is 16.2. The minimum absolute atomic E-state index is 0.107. The van der Waals surface area contributed by atoms with Crippen LogP contribution < -0.4 is 10.5 Å². The first kappa shape index (κ1) is 19.0. The number of benzene rings is 2. The highest BCUT2D eigenvalue weighted by Gasteiger charge is 2.49. The Morgan fingerprint density at radius 3 is 2.79 bits per heavy atom. The first-order chi connectivity index (χ1) is 14.0. The van der Waals surface area contributed by atoms with E-state index >= 15 is 0 Å². The lowest BCUT2D eigenvalue weighted by Crippen LogP contribution is -2.41. The minimum Gasteiger partial charge on any atom is -0.467 e. The predicted molar refractivity (Wildman–Crippen MR) is 108 cm³/mol. The van der Waals surface area contributed by atoms with Gasteiger partial charge in [-0.2, -0.15) is 5.26 Å². The Hall–Kier alpha value is -3.37. The van der Waals surface area contributed by atoms with Gasteiger partial charge in [0.2, 0.25) is 0 Å². The van der Waals surface area contributed by atoms with Crippen molar-refractivity contribution >= 4 is 11.9 Å². The third-order valence-electron chi connectivity index (χ3n) is 5.43. The molecule has 0 aliphatic carbocycles. The van der Waals surface area contributed by atoms with E-state index in [2.05, 4.69) is 11.1 Å². The number of aliphatic imine (C=N–C) groups is 1. The van der Waals surface area contributed by atoms with Crippen molar-refractivity contribution in [1.29, 1.82) is 5.26 Å². The summed E-state index contributed by atoms with van der Waals surface area (Å²) in [4.78, 5) is 19.3. The van der Waals surface area contributed by atoms with E-state index in [1.807, 2.05) is 36.4 Å². The molecule has 2 aliphatic heterocycles. The molecule has 0 radical (unpaired) electrons. The van der Waals surface area contributed by atoms with Crippen LogP contribution in [0.5, 0.6) is 5.75 Å². The summed E-state index contributed by atoms with van der Waals surface area (Å²) in [6.07, 6.45) is 2.08. The topological polar surface area (TPSA) is 101 Å². The maximum Gasteiger partial charge on any atom is 0.261 e. The Morgan fingerprint density at radius 1 is 1.21 bits per heavy atom. The molecule has 0 bridgehead atoms. The van der Waals surface area contributed by atoms with Gasteiger partial charge in [0.25, 0.3) is 5.91 Å². The number of nitrogens with two attached hydrogens (primary N) is 1. The number of hydrogen-bond donors (Lipinski definition) is 1. The molecule has 0 aromatic heterocycles. The van der Waals surface area contributed by atoms with Crippen molar-refractivity contribution in [3.05, 3.63) is 53.6 Å². The Morgan fingerprint density at radius 2 is 2.03 bits per heavy atom. The molecule has 1 amide bonds. The molecule has 0 fully saturated rings. The van der Waals surface area contributed by atoms with Crippen LogP contribution in [0.1, 0.15) is 30.4 Å². The predicted octanol–water partition coefficient (Wildman–Crippen LogP) is 2.74. The molecule has 2 heterocycles. The lowest BCUT2D eigenvalue weighted by atomic mass is 9.82. The van der Waals surface area contributed by atoms with Crippen molar-refractivity contribution in [1.82, 2.24) is 4.90 Å². The van der Waals surface area contributed by atoms with Crippen molar-refractivity contribution in [2.24, 2.45) is 10.7 Å². The fourth-order valence-corrected chi connectivity index (χ4v) is 3.85. The average molecular weight is 390 g/mol. The second-order valence-corrected chi connectivity index (χ2v) is 7.23. The maximum atomic E-state index is 13.3. The SMILES string of the molecule is CN1C(=O)C2(CCCCOCOc3ccc(-c4cccc(C#N)c4)cc32)N=C1N. The van der Waals surface area contributed by atoms with Crippen LogP contribution in [-0.2, 0) is 15.1 Å². The van der Waals surface area contributed by atoms with Gasteiger partial charge >= 0.3 is 0 Å². The fraction of sp³-hybridized carbons (Fsp3) is 0.318. The van der Waals surface area contributed by atoms with Gasteiger partial charge in [-0.05, 0) is 54.7 Å². The first-order valence-electron chi connectivity index (χ1n) is 9.54. The second-order valence-electron chi connectivity index (χ2n) is 7.23. The number of carbonyl (C=O) groups is 1. The quantitative estimate of drug-likeness (QED) is 0.807. The second kappa shape index (κ2) is 7.57. The number of hydrogen-bond acceptors (Lipinski definition) is 6. The molecule has 1 atom stereocenters. The molecule has 2 aliphatic rings. The van der Waals surface area contributed by atoms with Crippen molar-refractivity contribution in [2.75, 3.05) is 20.4 Å². The van der Waals surface area contributed by atoms with E-state index in [-0.39, 0.29) is 18.7 Å². The highest BCUT2D eigenvalue weighted by Crippen LogP contribution is 2.43. The van der Waals surface area contributed by atoms with E-state index in [0.717, 1.165) is 24.0 Å². The van der Waals surface area contributed by atoms with E-state index < -0.39 is 5.54 Å². The molecule has 0 saturated heterocycles. The fourth-order valence-electron chi connectivity index (χ4n) is 3.85. The summed E-state index contributed by atoms with van der Waals surface area (Å²) in [5.74, 6) is 0.586. The molecule has 148 valence electrons. The lowest BCUT2D eigenvalue weighted by molar-refractivity contribution is -0.131. The van der Waals surface area contributed by atoms with Gasteiger partial charge in [0, 0.05) is 12.6 Å². The smallest absolute Gasteiger partial charge is 0.261 e. The van der Waals surface area contributed by atoms with Crippen LogP contribution in [-0.4, -0.2) is 37.2 Å². The zero-order valence-electron chi connectivity index (χ0n) is 16.2. The van der Waals surface area contributed by atoms with Gasteiger partial charge < -0.3 is 15.2 Å².